The molecule has 1 fully saturated rings. The highest BCUT2D eigenvalue weighted by Crippen LogP contribution is 2.17. The van der Waals surface area contributed by atoms with E-state index in [0.717, 1.165) is 12.8 Å². The van der Waals surface area contributed by atoms with Crippen LogP contribution >= 0.6 is 0 Å². The highest BCUT2D eigenvalue weighted by Gasteiger charge is 2.27. The molecule has 1 saturated heterocycles. The van der Waals surface area contributed by atoms with Crippen molar-refractivity contribution in [2.75, 3.05) is 13.7 Å². The molecule has 0 aliphatic carbocycles. The Bertz CT molecular complexity index is 157. The van der Waals surface area contributed by atoms with Crippen LogP contribution in [0.2, 0.25) is 0 Å². The summed E-state index contributed by atoms with van der Waals surface area (Å²) in [5.74, 6) is -0.285. The monoisotopic (exact) mass is 174 g/mol. The SMILES string of the molecule is CO[C@@H]1OCCC[C@@H]1OC(C)=O. The Labute approximate surface area is 71.8 Å². The summed E-state index contributed by atoms with van der Waals surface area (Å²) in [5, 5.41) is 0. The van der Waals surface area contributed by atoms with Crippen LogP contribution in [0.25, 0.3) is 0 Å². The van der Waals surface area contributed by atoms with Gasteiger partial charge in [-0.15, -0.1) is 0 Å². The minimum absolute atomic E-state index is 0.235. The average Bonchev–Trinajstić information content (AvgIpc) is 2.04. The molecule has 0 aromatic carbocycles. The van der Waals surface area contributed by atoms with Gasteiger partial charge in [-0.1, -0.05) is 0 Å². The third kappa shape index (κ3) is 2.46. The molecule has 1 rings (SSSR count). The van der Waals surface area contributed by atoms with Gasteiger partial charge >= 0.3 is 5.97 Å². The molecule has 0 aromatic rings. The molecule has 1 aliphatic heterocycles. The van der Waals surface area contributed by atoms with Crippen molar-refractivity contribution >= 4 is 5.97 Å². The minimum atomic E-state index is -0.386. The normalized spacial score (nSPS) is 29.8. The van der Waals surface area contributed by atoms with E-state index in [0.29, 0.717) is 6.61 Å². The van der Waals surface area contributed by atoms with E-state index in [1.54, 1.807) is 7.11 Å². The Morgan fingerprint density at radius 1 is 1.58 bits per heavy atom. The molecule has 0 aromatic heterocycles. The van der Waals surface area contributed by atoms with E-state index in [1.807, 2.05) is 0 Å². The molecular formula is C8H14O4. The van der Waals surface area contributed by atoms with Gasteiger partial charge in [-0.3, -0.25) is 4.79 Å². The number of ether oxygens (including phenoxy) is 3. The molecule has 4 heteroatoms. The van der Waals surface area contributed by atoms with Gasteiger partial charge in [0.2, 0.25) is 0 Å². The van der Waals surface area contributed by atoms with E-state index in [2.05, 4.69) is 0 Å². The van der Waals surface area contributed by atoms with Gasteiger partial charge in [0.15, 0.2) is 12.4 Å². The van der Waals surface area contributed by atoms with Gasteiger partial charge in [0.25, 0.3) is 0 Å². The number of carbonyl (C=O) groups is 1. The standard InChI is InChI=1S/C8H14O4/c1-6(9)12-7-4-3-5-11-8(7)10-2/h7-8H,3-5H2,1-2H3/t7-,8+/m0/s1. The first-order valence-electron chi connectivity index (χ1n) is 4.05. The first-order chi connectivity index (χ1) is 5.74. The molecule has 1 aliphatic rings. The summed E-state index contributed by atoms with van der Waals surface area (Å²) in [5.41, 5.74) is 0. The van der Waals surface area contributed by atoms with Crippen LogP contribution in [0.15, 0.2) is 0 Å². The Morgan fingerprint density at radius 2 is 2.33 bits per heavy atom. The summed E-state index contributed by atoms with van der Waals surface area (Å²) in [7, 11) is 1.55. The molecule has 2 atom stereocenters. The number of esters is 1. The Balaban J connectivity index is 2.41. The van der Waals surface area contributed by atoms with E-state index < -0.39 is 0 Å². The van der Waals surface area contributed by atoms with E-state index in [1.165, 1.54) is 6.92 Å². The zero-order valence-electron chi connectivity index (χ0n) is 7.41. The average molecular weight is 174 g/mol. The van der Waals surface area contributed by atoms with Crippen molar-refractivity contribution in [3.63, 3.8) is 0 Å². The maximum atomic E-state index is 10.6. The molecule has 12 heavy (non-hydrogen) atoms. The van der Waals surface area contributed by atoms with Crippen molar-refractivity contribution < 1.29 is 19.0 Å². The quantitative estimate of drug-likeness (QED) is 0.578. The molecule has 0 bridgehead atoms. The van der Waals surface area contributed by atoms with Crippen LogP contribution in [0.4, 0.5) is 0 Å². The van der Waals surface area contributed by atoms with E-state index in [4.69, 9.17) is 14.2 Å². The molecule has 0 N–H and O–H groups in total. The van der Waals surface area contributed by atoms with Crippen molar-refractivity contribution in [3.8, 4) is 0 Å². The lowest BCUT2D eigenvalue weighted by Gasteiger charge is -2.29. The number of carbonyl (C=O) groups excluding carboxylic acids is 1. The number of methoxy groups -OCH3 is 1. The van der Waals surface area contributed by atoms with Gasteiger partial charge in [0, 0.05) is 14.0 Å². The Kier molecular flexibility index (Phi) is 3.49. The zero-order chi connectivity index (χ0) is 8.97. The van der Waals surface area contributed by atoms with Gasteiger partial charge < -0.3 is 14.2 Å². The van der Waals surface area contributed by atoms with Crippen LogP contribution in [0.1, 0.15) is 19.8 Å². The second-order valence-corrected chi connectivity index (χ2v) is 2.76. The lowest BCUT2D eigenvalue weighted by molar-refractivity contribution is -0.216. The molecule has 0 saturated carbocycles. The highest BCUT2D eigenvalue weighted by atomic mass is 16.7. The highest BCUT2D eigenvalue weighted by molar-refractivity contribution is 5.66. The predicted molar refractivity (Wildman–Crippen MR) is 41.5 cm³/mol. The van der Waals surface area contributed by atoms with Crippen molar-refractivity contribution in [2.24, 2.45) is 0 Å². The van der Waals surface area contributed by atoms with Crippen LogP contribution in [0, 0.1) is 0 Å². The van der Waals surface area contributed by atoms with Crippen LogP contribution < -0.4 is 0 Å². The summed E-state index contributed by atoms with van der Waals surface area (Å²) in [4.78, 5) is 10.6. The van der Waals surface area contributed by atoms with Crippen LogP contribution in [0.3, 0.4) is 0 Å². The number of hydrogen-bond acceptors (Lipinski definition) is 4. The lowest BCUT2D eigenvalue weighted by atomic mass is 10.1. The van der Waals surface area contributed by atoms with Gasteiger partial charge in [-0.05, 0) is 12.8 Å². The maximum Gasteiger partial charge on any atom is 0.303 e. The Morgan fingerprint density at radius 3 is 2.92 bits per heavy atom. The van der Waals surface area contributed by atoms with Crippen molar-refractivity contribution in [3.05, 3.63) is 0 Å². The summed E-state index contributed by atoms with van der Waals surface area (Å²) < 4.78 is 15.3. The predicted octanol–water partition coefficient (Wildman–Crippen LogP) is 0.701. The molecule has 1 heterocycles. The first kappa shape index (κ1) is 9.48. The second-order valence-electron chi connectivity index (χ2n) is 2.76. The third-order valence-corrected chi connectivity index (χ3v) is 1.77. The smallest absolute Gasteiger partial charge is 0.303 e. The molecule has 0 radical (unpaired) electrons. The van der Waals surface area contributed by atoms with Crippen molar-refractivity contribution in [2.45, 2.75) is 32.2 Å². The van der Waals surface area contributed by atoms with Gasteiger partial charge in [0.1, 0.15) is 0 Å². The van der Waals surface area contributed by atoms with E-state index in [-0.39, 0.29) is 18.4 Å². The van der Waals surface area contributed by atoms with Gasteiger partial charge in [-0.25, -0.2) is 0 Å². The van der Waals surface area contributed by atoms with Crippen LogP contribution in [0.5, 0.6) is 0 Å². The molecular weight excluding hydrogens is 160 g/mol. The molecule has 0 unspecified atom stereocenters. The first-order valence-corrected chi connectivity index (χ1v) is 4.05. The zero-order valence-corrected chi connectivity index (χ0v) is 7.41. The Hall–Kier alpha value is -0.610. The summed E-state index contributed by atoms with van der Waals surface area (Å²) in [6.45, 7) is 2.07. The summed E-state index contributed by atoms with van der Waals surface area (Å²) in [6, 6.07) is 0. The topological polar surface area (TPSA) is 44.8 Å². The fraction of sp³-hybridized carbons (Fsp3) is 0.875. The minimum Gasteiger partial charge on any atom is -0.457 e. The fourth-order valence-electron chi connectivity index (χ4n) is 1.27. The van der Waals surface area contributed by atoms with E-state index >= 15 is 0 Å². The summed E-state index contributed by atoms with van der Waals surface area (Å²) in [6.07, 6.45) is 1.11. The van der Waals surface area contributed by atoms with Gasteiger partial charge in [-0.2, -0.15) is 0 Å². The third-order valence-electron chi connectivity index (χ3n) is 1.77. The van der Waals surface area contributed by atoms with E-state index in [9.17, 15) is 4.79 Å². The second kappa shape index (κ2) is 4.42. The molecule has 0 amide bonds. The molecule has 4 nitrogen and oxygen atoms in total. The van der Waals surface area contributed by atoms with Crippen molar-refractivity contribution in [1.29, 1.82) is 0 Å². The fourth-order valence-corrected chi connectivity index (χ4v) is 1.27. The van der Waals surface area contributed by atoms with Crippen LogP contribution in [-0.2, 0) is 19.0 Å². The lowest BCUT2D eigenvalue weighted by Crippen LogP contribution is -2.38. The molecule has 0 spiro atoms. The number of rotatable bonds is 2. The van der Waals surface area contributed by atoms with Crippen LogP contribution in [-0.4, -0.2) is 32.1 Å². The number of hydrogen-bond donors (Lipinski definition) is 0. The summed E-state index contributed by atoms with van der Waals surface area (Å²) >= 11 is 0. The maximum absolute atomic E-state index is 10.6. The van der Waals surface area contributed by atoms with Gasteiger partial charge in [0.05, 0.1) is 6.61 Å². The van der Waals surface area contributed by atoms with Crippen molar-refractivity contribution in [1.82, 2.24) is 0 Å². The molecule has 70 valence electrons. The largest absolute Gasteiger partial charge is 0.457 e.